The molecule has 2 aromatic carbocycles. The first-order valence-electron chi connectivity index (χ1n) is 9.72. The van der Waals surface area contributed by atoms with Gasteiger partial charge in [0.25, 0.3) is 5.91 Å². The Balaban J connectivity index is 1.52. The predicted molar refractivity (Wildman–Crippen MR) is 112 cm³/mol. The van der Waals surface area contributed by atoms with Crippen molar-refractivity contribution in [3.63, 3.8) is 0 Å². The number of carbonyl (C=O) groups is 1. The van der Waals surface area contributed by atoms with Crippen LogP contribution in [0.5, 0.6) is 5.75 Å². The second kappa shape index (κ2) is 7.36. The van der Waals surface area contributed by atoms with Gasteiger partial charge in [-0.15, -0.1) is 0 Å². The summed E-state index contributed by atoms with van der Waals surface area (Å²) in [5.74, 6) is 0.683. The Morgan fingerprint density at radius 1 is 1.00 bits per heavy atom. The molecule has 1 N–H and O–H groups in total. The zero-order valence-corrected chi connectivity index (χ0v) is 16.9. The molecule has 2 aliphatic rings. The van der Waals surface area contributed by atoms with Crippen molar-refractivity contribution < 1.29 is 14.3 Å². The van der Waals surface area contributed by atoms with Crippen LogP contribution in [0.1, 0.15) is 19.4 Å². The van der Waals surface area contributed by atoms with E-state index in [0.29, 0.717) is 0 Å². The van der Waals surface area contributed by atoms with Crippen molar-refractivity contribution in [1.82, 2.24) is 0 Å². The number of hydrogen-bond acceptors (Lipinski definition) is 5. The summed E-state index contributed by atoms with van der Waals surface area (Å²) in [4.78, 5) is 15.8. The van der Waals surface area contributed by atoms with E-state index in [2.05, 4.69) is 49.2 Å². The average Bonchev–Trinajstić information content (AvgIpc) is 2.64. The van der Waals surface area contributed by atoms with Crippen molar-refractivity contribution in [3.05, 3.63) is 42.0 Å². The van der Waals surface area contributed by atoms with Crippen molar-refractivity contribution in [3.8, 4) is 5.75 Å². The highest BCUT2D eigenvalue weighted by Crippen LogP contribution is 2.35. The van der Waals surface area contributed by atoms with E-state index in [0.717, 1.165) is 35.9 Å². The molecular formula is C22H27N3O3. The number of fused-ring (bicyclic) bond motifs is 1. The van der Waals surface area contributed by atoms with Gasteiger partial charge in [0, 0.05) is 43.3 Å². The van der Waals surface area contributed by atoms with Gasteiger partial charge in [0.2, 0.25) is 0 Å². The molecule has 1 saturated heterocycles. The number of ether oxygens (including phenoxy) is 2. The standard InChI is InChI=1S/C22H27N3O3/c1-14-9-17(5-7-19(14)25-11-15(2)28-16(3)12-25)23-18-6-8-20-21(10-18)27-13-22(26)24(20)4/h5-10,15-16,23H,11-13H2,1-4H3. The van der Waals surface area contributed by atoms with Gasteiger partial charge >= 0.3 is 0 Å². The molecule has 28 heavy (non-hydrogen) atoms. The van der Waals surface area contributed by atoms with E-state index in [1.54, 1.807) is 11.9 Å². The number of benzene rings is 2. The summed E-state index contributed by atoms with van der Waals surface area (Å²) in [5, 5.41) is 3.44. The van der Waals surface area contributed by atoms with E-state index in [1.165, 1.54) is 11.3 Å². The summed E-state index contributed by atoms with van der Waals surface area (Å²) in [5.41, 5.74) is 5.23. The number of anilines is 4. The maximum atomic E-state index is 11.7. The smallest absolute Gasteiger partial charge is 0.264 e. The minimum atomic E-state index is -0.0360. The van der Waals surface area contributed by atoms with Crippen molar-refractivity contribution in [2.45, 2.75) is 33.0 Å². The van der Waals surface area contributed by atoms with E-state index < -0.39 is 0 Å². The minimum absolute atomic E-state index is 0.0360. The van der Waals surface area contributed by atoms with Crippen LogP contribution in [0.4, 0.5) is 22.7 Å². The first-order chi connectivity index (χ1) is 13.4. The number of morpholine rings is 1. The molecule has 4 rings (SSSR count). The highest BCUT2D eigenvalue weighted by Gasteiger charge is 2.24. The first-order valence-corrected chi connectivity index (χ1v) is 9.72. The van der Waals surface area contributed by atoms with Crippen molar-refractivity contribution in [2.75, 3.05) is 41.9 Å². The number of aryl methyl sites for hydroxylation is 1. The highest BCUT2D eigenvalue weighted by atomic mass is 16.5. The maximum absolute atomic E-state index is 11.7. The predicted octanol–water partition coefficient (Wildman–Crippen LogP) is 3.71. The fraction of sp³-hybridized carbons (Fsp3) is 0.409. The SMILES string of the molecule is Cc1cc(Nc2ccc3c(c2)OCC(=O)N3C)ccc1N1CC(C)OC(C)C1. The lowest BCUT2D eigenvalue weighted by molar-refractivity contribution is -0.120. The lowest BCUT2D eigenvalue weighted by Gasteiger charge is -2.37. The van der Waals surface area contributed by atoms with Gasteiger partial charge in [-0.1, -0.05) is 0 Å². The Hall–Kier alpha value is -2.73. The molecule has 0 radical (unpaired) electrons. The van der Waals surface area contributed by atoms with E-state index in [4.69, 9.17) is 9.47 Å². The Kier molecular flexibility index (Phi) is 4.89. The Bertz CT molecular complexity index is 889. The number of amides is 1. The summed E-state index contributed by atoms with van der Waals surface area (Å²) in [6, 6.07) is 12.2. The maximum Gasteiger partial charge on any atom is 0.264 e. The number of carbonyl (C=O) groups excluding carboxylic acids is 1. The molecule has 6 heteroatoms. The largest absolute Gasteiger partial charge is 0.481 e. The van der Waals surface area contributed by atoms with E-state index >= 15 is 0 Å². The Morgan fingerprint density at radius 2 is 1.64 bits per heavy atom. The third-order valence-electron chi connectivity index (χ3n) is 5.29. The summed E-state index contributed by atoms with van der Waals surface area (Å²) < 4.78 is 11.4. The molecule has 1 fully saturated rings. The zero-order valence-electron chi connectivity index (χ0n) is 16.9. The number of hydrogen-bond donors (Lipinski definition) is 1. The van der Waals surface area contributed by atoms with E-state index in [1.807, 2.05) is 18.2 Å². The summed E-state index contributed by atoms with van der Waals surface area (Å²) in [7, 11) is 1.77. The third kappa shape index (κ3) is 3.64. The molecule has 0 spiro atoms. The Labute approximate surface area is 166 Å². The van der Waals surface area contributed by atoms with Crippen molar-refractivity contribution >= 4 is 28.7 Å². The normalized spacial score (nSPS) is 21.9. The fourth-order valence-electron chi connectivity index (χ4n) is 3.98. The molecule has 0 aromatic heterocycles. The number of nitrogens with zero attached hydrogens (tertiary/aromatic N) is 2. The third-order valence-corrected chi connectivity index (χ3v) is 5.29. The van der Waals surface area contributed by atoms with Crippen LogP contribution in [-0.4, -0.2) is 44.9 Å². The van der Waals surface area contributed by atoms with Gasteiger partial charge in [-0.2, -0.15) is 0 Å². The molecule has 0 aliphatic carbocycles. The van der Waals surface area contributed by atoms with Crippen LogP contribution in [-0.2, 0) is 9.53 Å². The van der Waals surface area contributed by atoms with Crippen molar-refractivity contribution in [1.29, 1.82) is 0 Å². The van der Waals surface area contributed by atoms with Gasteiger partial charge in [-0.3, -0.25) is 4.79 Å². The number of likely N-dealkylation sites (N-methyl/N-ethyl adjacent to an activating group) is 1. The molecule has 2 heterocycles. The van der Waals surface area contributed by atoms with Crippen LogP contribution in [0.2, 0.25) is 0 Å². The molecule has 0 bridgehead atoms. The van der Waals surface area contributed by atoms with Crippen LogP contribution in [0.3, 0.4) is 0 Å². The second-order valence-corrected chi connectivity index (χ2v) is 7.71. The van der Waals surface area contributed by atoms with Gasteiger partial charge in [0.05, 0.1) is 17.9 Å². The monoisotopic (exact) mass is 381 g/mol. The van der Waals surface area contributed by atoms with Gasteiger partial charge in [0.1, 0.15) is 5.75 Å². The lowest BCUT2D eigenvalue weighted by atomic mass is 10.1. The molecule has 148 valence electrons. The Morgan fingerprint density at radius 3 is 2.32 bits per heavy atom. The van der Waals surface area contributed by atoms with Crippen LogP contribution in [0.15, 0.2) is 36.4 Å². The van der Waals surface area contributed by atoms with E-state index in [-0.39, 0.29) is 24.7 Å². The van der Waals surface area contributed by atoms with E-state index in [9.17, 15) is 4.79 Å². The molecular weight excluding hydrogens is 354 g/mol. The van der Waals surface area contributed by atoms with Crippen LogP contribution in [0.25, 0.3) is 0 Å². The highest BCUT2D eigenvalue weighted by molar-refractivity contribution is 5.97. The molecule has 0 saturated carbocycles. The summed E-state index contributed by atoms with van der Waals surface area (Å²) >= 11 is 0. The number of nitrogens with one attached hydrogen (secondary N) is 1. The minimum Gasteiger partial charge on any atom is -0.481 e. The molecule has 2 atom stereocenters. The molecule has 2 aliphatic heterocycles. The molecule has 2 unspecified atom stereocenters. The second-order valence-electron chi connectivity index (χ2n) is 7.71. The first kappa shape index (κ1) is 18.6. The lowest BCUT2D eigenvalue weighted by Crippen LogP contribution is -2.45. The average molecular weight is 381 g/mol. The fourth-order valence-corrected chi connectivity index (χ4v) is 3.98. The van der Waals surface area contributed by atoms with Gasteiger partial charge < -0.3 is 24.6 Å². The van der Waals surface area contributed by atoms with Gasteiger partial charge in [-0.05, 0) is 56.7 Å². The molecule has 6 nitrogen and oxygen atoms in total. The zero-order chi connectivity index (χ0) is 19.8. The molecule has 1 amide bonds. The number of rotatable bonds is 3. The van der Waals surface area contributed by atoms with Gasteiger partial charge in [-0.25, -0.2) is 0 Å². The van der Waals surface area contributed by atoms with Crippen molar-refractivity contribution in [2.24, 2.45) is 0 Å². The quantitative estimate of drug-likeness (QED) is 0.878. The molecule has 2 aromatic rings. The summed E-state index contributed by atoms with van der Waals surface area (Å²) in [6.07, 6.45) is 0.475. The van der Waals surface area contributed by atoms with Crippen LogP contribution >= 0.6 is 0 Å². The van der Waals surface area contributed by atoms with Gasteiger partial charge in [0.15, 0.2) is 6.61 Å². The van der Waals surface area contributed by atoms with Crippen LogP contribution in [0, 0.1) is 6.92 Å². The topological polar surface area (TPSA) is 54.0 Å². The summed E-state index contributed by atoms with van der Waals surface area (Å²) in [6.45, 7) is 8.28. The van der Waals surface area contributed by atoms with Crippen LogP contribution < -0.4 is 19.9 Å².